The summed E-state index contributed by atoms with van der Waals surface area (Å²) in [6, 6.07) is 15.1. The Morgan fingerprint density at radius 2 is 1.92 bits per heavy atom. The van der Waals surface area contributed by atoms with Gasteiger partial charge in [0.25, 0.3) is 5.91 Å². The van der Waals surface area contributed by atoms with Crippen LogP contribution in [0.3, 0.4) is 0 Å². The summed E-state index contributed by atoms with van der Waals surface area (Å²) in [4.78, 5) is 12.5. The number of benzene rings is 2. The predicted octanol–water partition coefficient (Wildman–Crippen LogP) is 5.12. The highest BCUT2D eigenvalue weighted by molar-refractivity contribution is 7.80. The van der Waals surface area contributed by atoms with Gasteiger partial charge in [-0.05, 0) is 60.8 Å². The van der Waals surface area contributed by atoms with Gasteiger partial charge in [-0.1, -0.05) is 45.0 Å². The lowest BCUT2D eigenvalue weighted by atomic mass is 9.97. The number of thiocarbonyl (C=S) groups is 1. The molecule has 2 rings (SSSR count). The lowest BCUT2D eigenvalue weighted by Gasteiger charge is -2.17. The fourth-order valence-electron chi connectivity index (χ4n) is 2.54. The first-order valence-electron chi connectivity index (χ1n) is 8.99. The van der Waals surface area contributed by atoms with E-state index in [4.69, 9.17) is 17.0 Å². The molecule has 2 N–H and O–H groups in total. The Balaban J connectivity index is 2.03. The van der Waals surface area contributed by atoms with Crippen LogP contribution in [0.25, 0.3) is 0 Å². The molecule has 0 saturated carbocycles. The molecule has 1 amide bonds. The molecule has 1 atom stereocenters. The molecule has 0 radical (unpaired) electrons. The molecule has 4 nitrogen and oxygen atoms in total. The zero-order valence-corrected chi connectivity index (χ0v) is 16.4. The molecule has 0 spiro atoms. The van der Waals surface area contributed by atoms with Crippen LogP contribution in [-0.4, -0.2) is 17.6 Å². The Labute approximate surface area is 161 Å². The summed E-state index contributed by atoms with van der Waals surface area (Å²) in [7, 11) is 0. The van der Waals surface area contributed by atoms with Crippen molar-refractivity contribution in [3.8, 4) is 5.75 Å². The van der Waals surface area contributed by atoms with Crippen molar-refractivity contribution in [1.82, 2.24) is 5.32 Å². The summed E-state index contributed by atoms with van der Waals surface area (Å²) >= 11 is 5.32. The molecule has 1 unspecified atom stereocenters. The van der Waals surface area contributed by atoms with Gasteiger partial charge in [-0.25, -0.2) is 0 Å². The van der Waals surface area contributed by atoms with E-state index < -0.39 is 0 Å². The number of para-hydroxylation sites is 1. The molecule has 2 aromatic rings. The van der Waals surface area contributed by atoms with E-state index in [1.807, 2.05) is 31.2 Å². The number of ether oxygens (including phenoxy) is 1. The van der Waals surface area contributed by atoms with Gasteiger partial charge < -0.3 is 10.1 Å². The van der Waals surface area contributed by atoms with Crippen LogP contribution >= 0.6 is 12.2 Å². The summed E-state index contributed by atoms with van der Waals surface area (Å²) in [6.45, 7) is 6.98. The van der Waals surface area contributed by atoms with Crippen LogP contribution < -0.4 is 15.4 Å². The van der Waals surface area contributed by atoms with Crippen LogP contribution in [0.1, 0.15) is 55.5 Å². The number of hydrogen-bond donors (Lipinski definition) is 2. The molecular weight excluding hydrogens is 344 g/mol. The minimum atomic E-state index is -0.259. The van der Waals surface area contributed by atoms with Crippen LogP contribution in [0.15, 0.2) is 48.5 Å². The minimum absolute atomic E-state index is 0.259. The monoisotopic (exact) mass is 370 g/mol. The molecule has 0 aliphatic carbocycles. The Hall–Kier alpha value is -2.40. The highest BCUT2D eigenvalue weighted by atomic mass is 32.1. The molecule has 0 saturated heterocycles. The van der Waals surface area contributed by atoms with Crippen molar-refractivity contribution >= 4 is 28.9 Å². The SMILES string of the molecule is CCCOc1cccc(C(=O)NC(=S)Nc2ccccc2C(C)CC)c1. The Morgan fingerprint density at radius 1 is 1.15 bits per heavy atom. The van der Waals surface area contributed by atoms with Gasteiger partial charge in [-0.3, -0.25) is 10.1 Å². The van der Waals surface area contributed by atoms with Crippen LogP contribution in [0.2, 0.25) is 0 Å². The first kappa shape index (κ1) is 19.9. The standard InChI is InChI=1S/C21H26N2O2S/c1-4-13-25-17-10-8-9-16(14-17)20(24)23-21(26)22-19-12-7-6-11-18(19)15(3)5-2/h6-12,14-15H,4-5,13H2,1-3H3,(H2,22,23,24,26). The van der Waals surface area contributed by atoms with Crippen molar-refractivity contribution in [1.29, 1.82) is 0 Å². The minimum Gasteiger partial charge on any atom is -0.494 e. The van der Waals surface area contributed by atoms with E-state index in [9.17, 15) is 4.79 Å². The largest absolute Gasteiger partial charge is 0.494 e. The van der Waals surface area contributed by atoms with E-state index >= 15 is 0 Å². The summed E-state index contributed by atoms with van der Waals surface area (Å²) in [5, 5.41) is 6.16. The van der Waals surface area contributed by atoms with Gasteiger partial charge in [0.15, 0.2) is 5.11 Å². The third-order valence-corrected chi connectivity index (χ3v) is 4.35. The highest BCUT2D eigenvalue weighted by Crippen LogP contribution is 2.26. The van der Waals surface area contributed by atoms with E-state index in [1.165, 1.54) is 5.56 Å². The smallest absolute Gasteiger partial charge is 0.257 e. The molecule has 0 aliphatic rings. The molecule has 5 heteroatoms. The molecule has 0 aliphatic heterocycles. The van der Waals surface area contributed by atoms with E-state index in [0.29, 0.717) is 23.8 Å². The second-order valence-corrected chi connectivity index (χ2v) is 6.59. The van der Waals surface area contributed by atoms with Crippen molar-refractivity contribution in [2.75, 3.05) is 11.9 Å². The second kappa shape index (κ2) is 9.92. The third-order valence-electron chi connectivity index (χ3n) is 4.15. The number of anilines is 1. The Bertz CT molecular complexity index is 761. The zero-order chi connectivity index (χ0) is 18.9. The summed E-state index contributed by atoms with van der Waals surface area (Å²) in [5.41, 5.74) is 2.62. The molecule has 138 valence electrons. The molecule has 0 heterocycles. The van der Waals surface area contributed by atoms with Crippen molar-refractivity contribution in [3.63, 3.8) is 0 Å². The maximum absolute atomic E-state index is 12.5. The quantitative estimate of drug-likeness (QED) is 0.665. The number of rotatable bonds is 7. The Kier molecular flexibility index (Phi) is 7.60. The lowest BCUT2D eigenvalue weighted by Crippen LogP contribution is -2.34. The summed E-state index contributed by atoms with van der Waals surface area (Å²) < 4.78 is 5.57. The second-order valence-electron chi connectivity index (χ2n) is 6.18. The maximum Gasteiger partial charge on any atom is 0.257 e. The van der Waals surface area contributed by atoms with Crippen LogP contribution in [0, 0.1) is 0 Å². The molecule has 26 heavy (non-hydrogen) atoms. The van der Waals surface area contributed by atoms with Gasteiger partial charge >= 0.3 is 0 Å². The average Bonchev–Trinajstić information content (AvgIpc) is 2.66. The molecular formula is C21H26N2O2S. The zero-order valence-electron chi connectivity index (χ0n) is 15.5. The molecule has 0 fully saturated rings. The number of carbonyl (C=O) groups excluding carboxylic acids is 1. The van der Waals surface area contributed by atoms with Crippen molar-refractivity contribution in [2.45, 2.75) is 39.5 Å². The van der Waals surface area contributed by atoms with Gasteiger partial charge in [0.1, 0.15) is 5.75 Å². The normalized spacial score (nSPS) is 11.5. The highest BCUT2D eigenvalue weighted by Gasteiger charge is 2.12. The summed E-state index contributed by atoms with van der Waals surface area (Å²) in [5.74, 6) is 0.829. The van der Waals surface area contributed by atoms with Gasteiger partial charge in [0.05, 0.1) is 6.61 Å². The van der Waals surface area contributed by atoms with Gasteiger partial charge in [-0.15, -0.1) is 0 Å². The van der Waals surface area contributed by atoms with Crippen LogP contribution in [-0.2, 0) is 0 Å². The number of hydrogen-bond acceptors (Lipinski definition) is 3. The van der Waals surface area contributed by atoms with Gasteiger partial charge in [-0.2, -0.15) is 0 Å². The van der Waals surface area contributed by atoms with E-state index in [-0.39, 0.29) is 11.0 Å². The number of amides is 1. The topological polar surface area (TPSA) is 50.4 Å². The average molecular weight is 371 g/mol. The Morgan fingerprint density at radius 3 is 2.65 bits per heavy atom. The van der Waals surface area contributed by atoms with Crippen molar-refractivity contribution < 1.29 is 9.53 Å². The fourth-order valence-corrected chi connectivity index (χ4v) is 2.74. The lowest BCUT2D eigenvalue weighted by molar-refractivity contribution is 0.0977. The molecule has 0 bridgehead atoms. The predicted molar refractivity (Wildman–Crippen MR) is 111 cm³/mol. The van der Waals surface area contributed by atoms with Gasteiger partial charge in [0.2, 0.25) is 0 Å². The van der Waals surface area contributed by atoms with E-state index in [1.54, 1.807) is 18.2 Å². The van der Waals surface area contributed by atoms with Crippen LogP contribution in [0.4, 0.5) is 5.69 Å². The molecule has 2 aromatic carbocycles. The fraction of sp³-hybridized carbons (Fsp3) is 0.333. The maximum atomic E-state index is 12.5. The summed E-state index contributed by atoms with van der Waals surface area (Å²) in [6.07, 6.45) is 1.95. The first-order chi connectivity index (χ1) is 12.5. The number of nitrogens with one attached hydrogen (secondary N) is 2. The van der Waals surface area contributed by atoms with Crippen LogP contribution in [0.5, 0.6) is 5.75 Å². The number of carbonyl (C=O) groups is 1. The van der Waals surface area contributed by atoms with Crippen molar-refractivity contribution in [2.24, 2.45) is 0 Å². The van der Waals surface area contributed by atoms with E-state index in [0.717, 1.165) is 18.5 Å². The third kappa shape index (κ3) is 5.56. The molecule has 0 aromatic heterocycles. The van der Waals surface area contributed by atoms with E-state index in [2.05, 4.69) is 30.5 Å². The first-order valence-corrected chi connectivity index (χ1v) is 9.40. The van der Waals surface area contributed by atoms with Crippen molar-refractivity contribution in [3.05, 3.63) is 59.7 Å². The van der Waals surface area contributed by atoms with Gasteiger partial charge in [0, 0.05) is 11.3 Å².